The van der Waals surface area contributed by atoms with Gasteiger partial charge >= 0.3 is 0 Å². The largest absolute Gasteiger partial charge is 0.355 e. The minimum atomic E-state index is -3.54. The van der Waals surface area contributed by atoms with Crippen molar-refractivity contribution < 1.29 is 13.2 Å². The number of hydrogen-bond acceptors (Lipinski definition) is 4. The molecule has 90 valence electrons. The van der Waals surface area contributed by atoms with Crippen molar-refractivity contribution in [2.45, 2.75) is 18.7 Å². The number of sulfonamides is 1. The average Bonchev–Trinajstić information content (AvgIpc) is 2.59. The topological polar surface area (TPSA) is 104 Å². The predicted molar refractivity (Wildman–Crippen MR) is 57.2 cm³/mol. The quantitative estimate of drug-likeness (QED) is 0.587. The number of carbonyl (C=O) groups is 1. The summed E-state index contributed by atoms with van der Waals surface area (Å²) in [6, 6.07) is 0. The van der Waals surface area contributed by atoms with Crippen LogP contribution in [0.25, 0.3) is 0 Å². The number of nitrogens with zero attached hydrogens (tertiary/aromatic N) is 1. The summed E-state index contributed by atoms with van der Waals surface area (Å²) in [5, 5.41) is 8.66. The minimum absolute atomic E-state index is 0.121. The van der Waals surface area contributed by atoms with Crippen LogP contribution in [0.3, 0.4) is 0 Å². The van der Waals surface area contributed by atoms with Crippen molar-refractivity contribution in [1.82, 2.24) is 20.2 Å². The van der Waals surface area contributed by atoms with Crippen molar-refractivity contribution in [3.8, 4) is 0 Å². The van der Waals surface area contributed by atoms with Crippen LogP contribution in [0.15, 0.2) is 11.1 Å². The Balaban J connectivity index is 2.54. The molecule has 0 spiro atoms. The molecule has 0 aromatic carbocycles. The number of carbonyl (C=O) groups excluding carboxylic acids is 1. The summed E-state index contributed by atoms with van der Waals surface area (Å²) in [5.74, 6) is -0.196. The fraction of sp³-hybridized carbons (Fsp3) is 0.500. The molecule has 0 aliphatic carbocycles. The van der Waals surface area contributed by atoms with E-state index in [-0.39, 0.29) is 23.9 Å². The maximum Gasteiger partial charge on any atom is 0.244 e. The second kappa shape index (κ2) is 5.08. The van der Waals surface area contributed by atoms with Crippen LogP contribution in [0.1, 0.15) is 12.6 Å². The second-order valence-corrected chi connectivity index (χ2v) is 4.98. The summed E-state index contributed by atoms with van der Waals surface area (Å²) in [6.45, 7) is 3.39. The molecule has 0 fully saturated rings. The van der Waals surface area contributed by atoms with Crippen LogP contribution < -0.4 is 10.0 Å². The third kappa shape index (κ3) is 3.31. The van der Waals surface area contributed by atoms with Crippen LogP contribution in [0.4, 0.5) is 0 Å². The van der Waals surface area contributed by atoms with E-state index >= 15 is 0 Å². The number of aryl methyl sites for hydroxylation is 1. The van der Waals surface area contributed by atoms with E-state index < -0.39 is 10.0 Å². The number of aromatic amines is 1. The fourth-order valence-corrected chi connectivity index (χ4v) is 2.28. The first-order chi connectivity index (χ1) is 7.43. The van der Waals surface area contributed by atoms with Gasteiger partial charge in [-0.15, -0.1) is 0 Å². The average molecular weight is 246 g/mol. The summed E-state index contributed by atoms with van der Waals surface area (Å²) in [4.78, 5) is 10.7. The third-order valence-electron chi connectivity index (χ3n) is 1.86. The van der Waals surface area contributed by atoms with Crippen molar-refractivity contribution in [3.63, 3.8) is 0 Å². The second-order valence-electron chi connectivity index (χ2n) is 3.24. The molecule has 1 amide bonds. The Labute approximate surface area is 93.7 Å². The molecule has 1 aromatic heterocycles. The van der Waals surface area contributed by atoms with Crippen molar-refractivity contribution in [2.24, 2.45) is 0 Å². The monoisotopic (exact) mass is 246 g/mol. The molecule has 0 saturated heterocycles. The smallest absolute Gasteiger partial charge is 0.244 e. The molecular formula is C8H14N4O3S. The minimum Gasteiger partial charge on any atom is -0.355 e. The van der Waals surface area contributed by atoms with Gasteiger partial charge in [-0.25, -0.2) is 13.1 Å². The molecule has 0 radical (unpaired) electrons. The van der Waals surface area contributed by atoms with E-state index in [0.717, 1.165) is 0 Å². The highest BCUT2D eigenvalue weighted by molar-refractivity contribution is 7.89. The maximum atomic E-state index is 11.7. The van der Waals surface area contributed by atoms with E-state index in [1.807, 2.05) is 0 Å². The molecule has 0 unspecified atom stereocenters. The number of rotatable bonds is 5. The van der Waals surface area contributed by atoms with E-state index in [9.17, 15) is 13.2 Å². The Morgan fingerprint density at radius 1 is 1.50 bits per heavy atom. The lowest BCUT2D eigenvalue weighted by Crippen LogP contribution is -2.33. The Morgan fingerprint density at radius 2 is 2.19 bits per heavy atom. The normalized spacial score (nSPS) is 11.4. The van der Waals surface area contributed by atoms with Gasteiger partial charge in [0.2, 0.25) is 15.9 Å². The SMILES string of the molecule is CC(=O)NCCNS(=O)(=O)c1cn[nH]c1C. The molecule has 8 heteroatoms. The summed E-state index contributed by atoms with van der Waals surface area (Å²) in [6.07, 6.45) is 1.25. The Hall–Kier alpha value is -1.41. The molecular weight excluding hydrogens is 232 g/mol. The highest BCUT2D eigenvalue weighted by Crippen LogP contribution is 2.09. The Morgan fingerprint density at radius 3 is 2.69 bits per heavy atom. The zero-order valence-electron chi connectivity index (χ0n) is 9.07. The number of H-pyrrole nitrogens is 1. The first-order valence-corrected chi connectivity index (χ1v) is 6.16. The molecule has 0 atom stereocenters. The maximum absolute atomic E-state index is 11.7. The third-order valence-corrected chi connectivity index (χ3v) is 3.44. The highest BCUT2D eigenvalue weighted by Gasteiger charge is 2.17. The van der Waals surface area contributed by atoms with Gasteiger partial charge in [0.05, 0.1) is 11.9 Å². The summed E-state index contributed by atoms with van der Waals surface area (Å²) >= 11 is 0. The predicted octanol–water partition coefficient (Wildman–Crippen LogP) is -0.867. The van der Waals surface area contributed by atoms with Gasteiger partial charge in [0, 0.05) is 20.0 Å². The molecule has 3 N–H and O–H groups in total. The van der Waals surface area contributed by atoms with Gasteiger partial charge in [-0.3, -0.25) is 9.89 Å². The summed E-state index contributed by atoms with van der Waals surface area (Å²) in [5.41, 5.74) is 0.479. The van der Waals surface area contributed by atoms with Gasteiger partial charge in [-0.2, -0.15) is 5.10 Å². The Bertz CT molecular complexity index is 465. The fourth-order valence-electron chi connectivity index (χ4n) is 1.11. The van der Waals surface area contributed by atoms with Crippen molar-refractivity contribution >= 4 is 15.9 Å². The molecule has 16 heavy (non-hydrogen) atoms. The molecule has 7 nitrogen and oxygen atoms in total. The summed E-state index contributed by atoms with van der Waals surface area (Å²) in [7, 11) is -3.54. The number of nitrogens with one attached hydrogen (secondary N) is 3. The lowest BCUT2D eigenvalue weighted by molar-refractivity contribution is -0.118. The van der Waals surface area contributed by atoms with Crippen molar-refractivity contribution in [3.05, 3.63) is 11.9 Å². The van der Waals surface area contributed by atoms with Crippen molar-refractivity contribution in [1.29, 1.82) is 0 Å². The molecule has 1 aromatic rings. The van der Waals surface area contributed by atoms with Crippen LogP contribution in [0, 0.1) is 6.92 Å². The zero-order chi connectivity index (χ0) is 12.2. The number of amides is 1. The van der Waals surface area contributed by atoms with Crippen LogP contribution in [-0.2, 0) is 14.8 Å². The molecule has 0 bridgehead atoms. The Kier molecular flexibility index (Phi) is 4.02. The van der Waals surface area contributed by atoms with Gasteiger partial charge in [0.1, 0.15) is 4.90 Å². The van der Waals surface area contributed by atoms with E-state index in [1.54, 1.807) is 6.92 Å². The molecule has 1 heterocycles. The highest BCUT2D eigenvalue weighted by atomic mass is 32.2. The molecule has 0 saturated carbocycles. The van der Waals surface area contributed by atoms with Crippen LogP contribution >= 0.6 is 0 Å². The first kappa shape index (κ1) is 12.7. The van der Waals surface area contributed by atoms with Crippen LogP contribution in [0.2, 0.25) is 0 Å². The van der Waals surface area contributed by atoms with Crippen LogP contribution in [-0.4, -0.2) is 37.6 Å². The zero-order valence-corrected chi connectivity index (χ0v) is 9.89. The first-order valence-electron chi connectivity index (χ1n) is 4.67. The van der Waals surface area contributed by atoms with Gasteiger partial charge in [-0.1, -0.05) is 0 Å². The van der Waals surface area contributed by atoms with E-state index in [1.165, 1.54) is 13.1 Å². The number of aromatic nitrogens is 2. The van der Waals surface area contributed by atoms with Crippen molar-refractivity contribution in [2.75, 3.05) is 13.1 Å². The molecule has 0 aliphatic heterocycles. The molecule has 1 rings (SSSR count). The number of hydrogen-bond donors (Lipinski definition) is 3. The van der Waals surface area contributed by atoms with Crippen LogP contribution in [0.5, 0.6) is 0 Å². The molecule has 0 aliphatic rings. The van der Waals surface area contributed by atoms with Gasteiger partial charge < -0.3 is 5.32 Å². The van der Waals surface area contributed by atoms with E-state index in [0.29, 0.717) is 5.69 Å². The van der Waals surface area contributed by atoms with E-state index in [2.05, 4.69) is 20.2 Å². The lowest BCUT2D eigenvalue weighted by Gasteiger charge is -2.05. The van der Waals surface area contributed by atoms with Gasteiger partial charge in [0.15, 0.2) is 0 Å². The summed E-state index contributed by atoms with van der Waals surface area (Å²) < 4.78 is 25.7. The van der Waals surface area contributed by atoms with E-state index in [4.69, 9.17) is 0 Å². The standard InChI is InChI=1S/C8H14N4O3S/c1-6-8(5-10-12-6)16(14,15)11-4-3-9-7(2)13/h5,11H,3-4H2,1-2H3,(H,9,13)(H,10,12). The van der Waals surface area contributed by atoms with Gasteiger partial charge in [-0.05, 0) is 6.92 Å². The lowest BCUT2D eigenvalue weighted by atomic mass is 10.5. The van der Waals surface area contributed by atoms with Gasteiger partial charge in [0.25, 0.3) is 0 Å².